The molecular weight excluding hydrogens is 581 g/mol. The third kappa shape index (κ3) is 5.99. The number of carbonyl (C=O) groups is 1. The highest BCUT2D eigenvalue weighted by Crippen LogP contribution is 2.46. The van der Waals surface area contributed by atoms with Gasteiger partial charge in [0.25, 0.3) is 0 Å². The zero-order valence-corrected chi connectivity index (χ0v) is 25.7. The summed E-state index contributed by atoms with van der Waals surface area (Å²) in [5, 5.41) is 4.80. The highest BCUT2D eigenvalue weighted by Gasteiger charge is 2.33. The number of ether oxygens (including phenoxy) is 4. The van der Waals surface area contributed by atoms with Crippen LogP contribution in [0.2, 0.25) is 10.0 Å². The van der Waals surface area contributed by atoms with E-state index in [-0.39, 0.29) is 23.3 Å². The molecule has 0 amide bonds. The number of pyridine rings is 1. The molecule has 2 aliphatic heterocycles. The summed E-state index contributed by atoms with van der Waals surface area (Å²) in [7, 11) is 4.82. The number of aromatic nitrogens is 3. The van der Waals surface area contributed by atoms with Crippen molar-refractivity contribution in [3.8, 4) is 22.8 Å². The van der Waals surface area contributed by atoms with Crippen LogP contribution in [0.25, 0.3) is 22.2 Å². The monoisotopic (exact) mass is 615 g/mol. The highest BCUT2D eigenvalue weighted by molar-refractivity contribution is 6.41. The van der Waals surface area contributed by atoms with Crippen LogP contribution in [0.15, 0.2) is 31.0 Å². The number of methoxy groups -OCH3 is 3. The summed E-state index contributed by atoms with van der Waals surface area (Å²) in [6.45, 7) is 8.08. The molecule has 4 heterocycles. The lowest BCUT2D eigenvalue weighted by molar-refractivity contribution is -0.115. The van der Waals surface area contributed by atoms with Crippen molar-refractivity contribution in [3.63, 3.8) is 0 Å². The first kappa shape index (κ1) is 30.3. The van der Waals surface area contributed by atoms with E-state index in [9.17, 15) is 4.79 Å². The molecule has 0 saturated carbocycles. The third-order valence-corrected chi connectivity index (χ3v) is 8.95. The lowest BCUT2D eigenvalue weighted by atomic mass is 9.93. The average Bonchev–Trinajstić information content (AvgIpc) is 3.43. The quantitative estimate of drug-likeness (QED) is 0.290. The zero-order chi connectivity index (χ0) is 30.0. The van der Waals surface area contributed by atoms with Crippen molar-refractivity contribution in [1.82, 2.24) is 15.0 Å². The number of ketones is 1. The molecule has 224 valence electrons. The minimum atomic E-state index is -0.210. The van der Waals surface area contributed by atoms with Crippen LogP contribution in [0.1, 0.15) is 26.2 Å². The van der Waals surface area contributed by atoms with Gasteiger partial charge in [0.05, 0.1) is 54.8 Å². The molecule has 0 aliphatic carbocycles. The third-order valence-electron chi connectivity index (χ3n) is 8.19. The maximum absolute atomic E-state index is 12.0. The maximum atomic E-state index is 12.0. The van der Waals surface area contributed by atoms with Gasteiger partial charge in [-0.25, -0.2) is 15.0 Å². The van der Waals surface area contributed by atoms with Gasteiger partial charge in [-0.2, -0.15) is 0 Å². The van der Waals surface area contributed by atoms with E-state index in [2.05, 4.69) is 28.7 Å². The van der Waals surface area contributed by atoms with Gasteiger partial charge in [0.1, 0.15) is 17.0 Å². The normalized spacial score (nSPS) is 20.0. The molecule has 1 aromatic carbocycles. The number of nitrogens with one attached hydrogen (secondary N) is 1. The van der Waals surface area contributed by atoms with Crippen LogP contribution in [0, 0.1) is 5.92 Å². The van der Waals surface area contributed by atoms with Gasteiger partial charge in [0.15, 0.2) is 11.6 Å². The zero-order valence-electron chi connectivity index (χ0n) is 24.2. The van der Waals surface area contributed by atoms with E-state index in [1.165, 1.54) is 20.3 Å². The molecule has 0 unspecified atom stereocenters. The van der Waals surface area contributed by atoms with Crippen LogP contribution in [-0.2, 0) is 14.3 Å². The number of carbonyl (C=O) groups excluding carboxylic acids is 1. The predicted molar refractivity (Wildman–Crippen MR) is 164 cm³/mol. The van der Waals surface area contributed by atoms with Crippen molar-refractivity contribution in [2.24, 2.45) is 5.92 Å². The van der Waals surface area contributed by atoms with Gasteiger partial charge in [0, 0.05) is 55.8 Å². The summed E-state index contributed by atoms with van der Waals surface area (Å²) in [5.41, 5.74) is 1.51. The topological polar surface area (TPSA) is 108 Å². The number of benzene rings is 1. The molecule has 0 radical (unpaired) electrons. The number of allylic oxidation sites excluding steroid dienone is 1. The Bertz CT molecular complexity index is 1470. The van der Waals surface area contributed by atoms with Crippen molar-refractivity contribution >= 4 is 51.7 Å². The van der Waals surface area contributed by atoms with Gasteiger partial charge in [-0.15, -0.1) is 0 Å². The summed E-state index contributed by atoms with van der Waals surface area (Å²) in [4.78, 5) is 28.8. The van der Waals surface area contributed by atoms with Gasteiger partial charge < -0.3 is 29.2 Å². The fraction of sp³-hybridized carbons (Fsp3) is 0.467. The van der Waals surface area contributed by atoms with Gasteiger partial charge in [-0.3, -0.25) is 4.79 Å². The Hall–Kier alpha value is -3.18. The summed E-state index contributed by atoms with van der Waals surface area (Å²) >= 11 is 13.6. The number of piperidine rings is 1. The Labute approximate surface area is 255 Å². The molecule has 10 nitrogen and oxygen atoms in total. The van der Waals surface area contributed by atoms with Crippen LogP contribution in [0.3, 0.4) is 0 Å². The van der Waals surface area contributed by atoms with E-state index in [0.29, 0.717) is 82.8 Å². The molecule has 0 spiro atoms. The van der Waals surface area contributed by atoms with E-state index >= 15 is 0 Å². The number of halogens is 2. The fourth-order valence-electron chi connectivity index (χ4n) is 5.41. The summed E-state index contributed by atoms with van der Waals surface area (Å²) < 4.78 is 22.4. The molecule has 5 rings (SSSR count). The molecule has 2 saturated heterocycles. The number of hydrogen-bond acceptors (Lipinski definition) is 10. The summed E-state index contributed by atoms with van der Waals surface area (Å²) in [5.74, 6) is 1.93. The molecule has 3 aromatic rings. The standard InChI is InChI=1S/C30H35Cl2N5O5/c1-6-19(38)11-18-15-42-16-21(18)35-29-33-14-17-12-20(24-25(31)22(39-3)13-23(40-4)26(24)32)34-28(27(17)36-29)37-9-7-30(2,41-5)8-10-37/h6,12-14,18,21H,1,7-11,15-16H2,2-5H3,(H,33,35,36)/t18-,21+/m0/s1. The van der Waals surface area contributed by atoms with Gasteiger partial charge >= 0.3 is 0 Å². The molecule has 2 atom stereocenters. The van der Waals surface area contributed by atoms with Crippen LogP contribution >= 0.6 is 23.2 Å². The molecule has 2 aliphatic rings. The van der Waals surface area contributed by atoms with Crippen molar-refractivity contribution in [1.29, 1.82) is 0 Å². The first-order valence-corrected chi connectivity index (χ1v) is 14.5. The van der Waals surface area contributed by atoms with Crippen LogP contribution in [0.4, 0.5) is 11.8 Å². The molecule has 2 fully saturated rings. The Kier molecular flexibility index (Phi) is 9.08. The van der Waals surface area contributed by atoms with Crippen LogP contribution in [-0.4, -0.2) is 80.0 Å². The second-order valence-corrected chi connectivity index (χ2v) is 11.6. The molecule has 2 aromatic heterocycles. The number of anilines is 2. The first-order valence-electron chi connectivity index (χ1n) is 13.8. The van der Waals surface area contributed by atoms with E-state index in [4.69, 9.17) is 52.1 Å². The SMILES string of the molecule is C=CC(=O)C[C@H]1COC[C@H]1Nc1ncc2cc(-c3c(Cl)c(OC)cc(OC)c3Cl)nc(N3CCC(C)(OC)CC3)c2n1. The van der Waals surface area contributed by atoms with Gasteiger partial charge in [0.2, 0.25) is 5.95 Å². The smallest absolute Gasteiger partial charge is 0.223 e. The van der Waals surface area contributed by atoms with E-state index in [1.807, 2.05) is 6.07 Å². The summed E-state index contributed by atoms with van der Waals surface area (Å²) in [6.07, 6.45) is 5.09. The van der Waals surface area contributed by atoms with Crippen molar-refractivity contribution in [3.05, 3.63) is 41.0 Å². The molecule has 12 heteroatoms. The minimum absolute atomic E-state index is 0.00379. The first-order chi connectivity index (χ1) is 20.2. The van der Waals surface area contributed by atoms with Crippen molar-refractivity contribution in [2.75, 3.05) is 57.8 Å². The number of fused-ring (bicyclic) bond motifs is 1. The maximum Gasteiger partial charge on any atom is 0.223 e. The number of nitrogens with zero attached hydrogens (tertiary/aromatic N) is 4. The van der Waals surface area contributed by atoms with Gasteiger partial charge in [-0.1, -0.05) is 29.8 Å². The number of rotatable bonds is 10. The van der Waals surface area contributed by atoms with Crippen LogP contribution in [0.5, 0.6) is 11.5 Å². The summed E-state index contributed by atoms with van der Waals surface area (Å²) in [6, 6.07) is 3.40. The fourth-order valence-corrected chi connectivity index (χ4v) is 6.11. The Morgan fingerprint density at radius 2 is 1.83 bits per heavy atom. The molecular formula is C30H35Cl2N5O5. The Balaban J connectivity index is 1.59. The number of hydrogen-bond donors (Lipinski definition) is 1. The minimum Gasteiger partial charge on any atom is -0.495 e. The average molecular weight is 617 g/mol. The Morgan fingerprint density at radius 3 is 2.45 bits per heavy atom. The molecule has 0 bridgehead atoms. The second-order valence-electron chi connectivity index (χ2n) is 10.8. The predicted octanol–water partition coefficient (Wildman–Crippen LogP) is 5.59. The van der Waals surface area contributed by atoms with Gasteiger partial charge in [-0.05, 0) is 31.9 Å². The van der Waals surface area contributed by atoms with E-state index < -0.39 is 0 Å². The van der Waals surface area contributed by atoms with Crippen molar-refractivity contribution in [2.45, 2.75) is 37.8 Å². The van der Waals surface area contributed by atoms with Crippen molar-refractivity contribution < 1.29 is 23.7 Å². The highest BCUT2D eigenvalue weighted by atomic mass is 35.5. The van der Waals surface area contributed by atoms with Crippen LogP contribution < -0.4 is 19.7 Å². The lowest BCUT2D eigenvalue weighted by Crippen LogP contribution is -2.44. The Morgan fingerprint density at radius 1 is 1.14 bits per heavy atom. The second kappa shape index (κ2) is 12.6. The molecule has 42 heavy (non-hydrogen) atoms. The van der Waals surface area contributed by atoms with E-state index in [0.717, 1.165) is 18.2 Å². The van der Waals surface area contributed by atoms with E-state index in [1.54, 1.807) is 19.4 Å². The molecule has 1 N–H and O–H groups in total. The lowest BCUT2D eigenvalue weighted by Gasteiger charge is -2.39. The largest absolute Gasteiger partial charge is 0.495 e.